The lowest BCUT2D eigenvalue weighted by molar-refractivity contribution is 0.279. The van der Waals surface area contributed by atoms with Crippen LogP contribution in [0.4, 0.5) is 0 Å². The highest BCUT2D eigenvalue weighted by molar-refractivity contribution is 5.68. The van der Waals surface area contributed by atoms with Gasteiger partial charge in [0.25, 0.3) is 0 Å². The number of hydrogen-bond acceptors (Lipinski definition) is 2. The van der Waals surface area contributed by atoms with E-state index in [2.05, 4.69) is 44.8 Å². The molecule has 0 unspecified atom stereocenters. The van der Waals surface area contributed by atoms with Crippen LogP contribution >= 0.6 is 0 Å². The molecule has 0 saturated carbocycles. The molecule has 0 fully saturated rings. The maximum atomic E-state index is 4.32. The Morgan fingerprint density at radius 3 is 2.27 bits per heavy atom. The Morgan fingerprint density at radius 1 is 1.36 bits per heavy atom. The molecule has 0 aliphatic heterocycles. The minimum absolute atomic E-state index is 0.0924. The molecule has 0 aliphatic carbocycles. The second kappa shape index (κ2) is 4.50. The predicted molar refractivity (Wildman–Crippen MR) is 51.4 cm³/mol. The van der Waals surface area contributed by atoms with Gasteiger partial charge in [0.05, 0.1) is 0 Å². The smallest absolute Gasteiger partial charge is 0.0496 e. The topological polar surface area (TPSA) is 15.6 Å². The first kappa shape index (κ1) is 10.6. The van der Waals surface area contributed by atoms with Crippen molar-refractivity contribution in [3.63, 3.8) is 0 Å². The predicted octanol–water partition coefficient (Wildman–Crippen LogP) is 1.81. The fourth-order valence-corrected chi connectivity index (χ4v) is 0.533. The Hall–Kier alpha value is -0.370. The highest BCUT2D eigenvalue weighted by Crippen LogP contribution is 2.05. The van der Waals surface area contributed by atoms with Gasteiger partial charge in [0.1, 0.15) is 0 Å². The van der Waals surface area contributed by atoms with Gasteiger partial charge in [-0.1, -0.05) is 6.92 Å². The molecule has 0 heterocycles. The van der Waals surface area contributed by atoms with Gasteiger partial charge in [-0.3, -0.25) is 9.89 Å². The fourth-order valence-electron chi connectivity index (χ4n) is 0.533. The first-order chi connectivity index (χ1) is 5.00. The summed E-state index contributed by atoms with van der Waals surface area (Å²) in [6, 6.07) is 0. The Labute approximate surface area is 70.3 Å². The molecule has 11 heavy (non-hydrogen) atoms. The number of hydrogen-bond donors (Lipinski definition) is 0. The maximum Gasteiger partial charge on any atom is 0.0496 e. The molecule has 0 N–H and O–H groups in total. The molecule has 0 spiro atoms. The van der Waals surface area contributed by atoms with Gasteiger partial charge in [0.15, 0.2) is 0 Å². The van der Waals surface area contributed by atoms with Gasteiger partial charge in [-0.25, -0.2) is 0 Å². The molecule has 0 amide bonds. The first-order valence-electron chi connectivity index (χ1n) is 4.19. The van der Waals surface area contributed by atoms with Crippen LogP contribution in [0.25, 0.3) is 0 Å². The molecule has 0 saturated heterocycles. The summed E-state index contributed by atoms with van der Waals surface area (Å²) >= 11 is 0. The lowest BCUT2D eigenvalue weighted by atomic mass is 10.1. The summed E-state index contributed by atoms with van der Waals surface area (Å²) in [5.74, 6) is 0. The van der Waals surface area contributed by atoms with Crippen LogP contribution in [0.15, 0.2) is 4.99 Å². The molecule has 0 aromatic heterocycles. The third-order valence-corrected chi connectivity index (χ3v) is 1.91. The summed E-state index contributed by atoms with van der Waals surface area (Å²) in [4.78, 5) is 6.48. The van der Waals surface area contributed by atoms with E-state index in [1.165, 1.54) is 0 Å². The van der Waals surface area contributed by atoms with E-state index in [4.69, 9.17) is 0 Å². The second-order valence-corrected chi connectivity index (χ2v) is 3.58. The van der Waals surface area contributed by atoms with Crippen LogP contribution < -0.4 is 0 Å². The van der Waals surface area contributed by atoms with Crippen LogP contribution in [0.1, 0.15) is 27.2 Å². The fraction of sp³-hybridized carbons (Fsp3) is 0.889. The van der Waals surface area contributed by atoms with Crippen molar-refractivity contribution in [3.8, 4) is 0 Å². The molecule has 66 valence electrons. The largest absolute Gasteiger partial charge is 0.299 e. The Bertz CT molecular complexity index is 126. The zero-order valence-corrected chi connectivity index (χ0v) is 8.39. The normalized spacial score (nSPS) is 13.3. The average Bonchev–Trinajstić information content (AvgIpc) is 1.88. The molecule has 0 bridgehead atoms. The molecule has 0 aromatic rings. The minimum Gasteiger partial charge on any atom is -0.299 e. The van der Waals surface area contributed by atoms with Crippen LogP contribution in [0, 0.1) is 0 Å². The van der Waals surface area contributed by atoms with Crippen molar-refractivity contribution in [1.82, 2.24) is 4.90 Å². The van der Waals surface area contributed by atoms with Crippen LogP contribution in [-0.4, -0.2) is 37.3 Å². The molecule has 0 radical (unpaired) electrons. The summed E-state index contributed by atoms with van der Waals surface area (Å²) in [5, 5.41) is 0. The monoisotopic (exact) mass is 156 g/mol. The Balaban J connectivity index is 3.90. The van der Waals surface area contributed by atoms with Crippen LogP contribution in [0.5, 0.6) is 0 Å². The third-order valence-electron chi connectivity index (χ3n) is 1.91. The van der Waals surface area contributed by atoms with Crippen LogP contribution in [0.3, 0.4) is 0 Å². The van der Waals surface area contributed by atoms with Gasteiger partial charge in [0.2, 0.25) is 0 Å². The van der Waals surface area contributed by atoms with Crippen LogP contribution in [-0.2, 0) is 0 Å². The van der Waals surface area contributed by atoms with E-state index in [1.807, 2.05) is 6.21 Å². The van der Waals surface area contributed by atoms with Crippen molar-refractivity contribution in [3.05, 3.63) is 0 Å². The van der Waals surface area contributed by atoms with Crippen molar-refractivity contribution < 1.29 is 0 Å². The molecular formula is C9H20N2. The average molecular weight is 156 g/mol. The number of nitrogens with zero attached hydrogens (tertiary/aromatic N) is 2. The van der Waals surface area contributed by atoms with E-state index in [0.29, 0.717) is 0 Å². The molecule has 2 nitrogen and oxygen atoms in total. The minimum atomic E-state index is 0.0924. The van der Waals surface area contributed by atoms with Crippen molar-refractivity contribution in [2.45, 2.75) is 32.7 Å². The van der Waals surface area contributed by atoms with Crippen LogP contribution in [0.2, 0.25) is 0 Å². The highest BCUT2D eigenvalue weighted by Gasteiger charge is 2.16. The zero-order valence-electron chi connectivity index (χ0n) is 8.39. The molecule has 0 aliphatic rings. The van der Waals surface area contributed by atoms with Gasteiger partial charge < -0.3 is 0 Å². The molecule has 0 rings (SSSR count). The second-order valence-electron chi connectivity index (χ2n) is 3.58. The summed E-state index contributed by atoms with van der Waals surface area (Å²) in [6.45, 7) is 7.40. The van der Waals surface area contributed by atoms with E-state index in [0.717, 1.165) is 13.0 Å². The van der Waals surface area contributed by atoms with E-state index < -0.39 is 0 Å². The Morgan fingerprint density at radius 2 is 1.91 bits per heavy atom. The quantitative estimate of drug-likeness (QED) is 0.567. The standard InChI is InChI=1S/C9H20N2/c1-6-7-10-8-9(2,3)11(4)5/h8H,6-7H2,1-5H3. The van der Waals surface area contributed by atoms with Crippen molar-refractivity contribution in [2.75, 3.05) is 20.6 Å². The van der Waals surface area contributed by atoms with E-state index in [9.17, 15) is 0 Å². The van der Waals surface area contributed by atoms with Crippen molar-refractivity contribution in [1.29, 1.82) is 0 Å². The highest BCUT2D eigenvalue weighted by atomic mass is 15.1. The van der Waals surface area contributed by atoms with Crippen molar-refractivity contribution in [2.24, 2.45) is 4.99 Å². The zero-order chi connectivity index (χ0) is 8.91. The van der Waals surface area contributed by atoms with E-state index >= 15 is 0 Å². The summed E-state index contributed by atoms with van der Waals surface area (Å²) in [5.41, 5.74) is 0.0924. The van der Waals surface area contributed by atoms with Gasteiger partial charge >= 0.3 is 0 Å². The first-order valence-corrected chi connectivity index (χ1v) is 4.19. The van der Waals surface area contributed by atoms with Gasteiger partial charge in [-0.05, 0) is 34.4 Å². The van der Waals surface area contributed by atoms with Gasteiger partial charge in [-0.15, -0.1) is 0 Å². The maximum absolute atomic E-state index is 4.32. The molecule has 0 atom stereocenters. The summed E-state index contributed by atoms with van der Waals surface area (Å²) < 4.78 is 0. The summed E-state index contributed by atoms with van der Waals surface area (Å²) in [6.07, 6.45) is 3.15. The lowest BCUT2D eigenvalue weighted by Crippen LogP contribution is -2.39. The Kier molecular flexibility index (Phi) is 4.34. The number of aliphatic imine (C=N–C) groups is 1. The van der Waals surface area contributed by atoms with Gasteiger partial charge in [-0.2, -0.15) is 0 Å². The SMILES string of the molecule is CCCN=CC(C)(C)N(C)C. The molecular weight excluding hydrogens is 136 g/mol. The summed E-state index contributed by atoms with van der Waals surface area (Å²) in [7, 11) is 4.13. The van der Waals surface area contributed by atoms with Crippen molar-refractivity contribution >= 4 is 6.21 Å². The number of rotatable bonds is 4. The lowest BCUT2D eigenvalue weighted by Gasteiger charge is -2.27. The third kappa shape index (κ3) is 4.14. The van der Waals surface area contributed by atoms with Gasteiger partial charge in [0, 0.05) is 18.3 Å². The van der Waals surface area contributed by atoms with E-state index in [1.54, 1.807) is 0 Å². The van der Waals surface area contributed by atoms with E-state index in [-0.39, 0.29) is 5.54 Å². The molecule has 2 heteroatoms. The molecule has 0 aromatic carbocycles.